The van der Waals surface area contributed by atoms with Crippen molar-refractivity contribution in [2.75, 3.05) is 0 Å². The average molecular weight is 746 g/mol. The molecule has 42 heavy (non-hydrogen) atoms. The molecular formula is C37H39IrN3Si-2. The smallest absolute Gasteiger partial charge is 0.0798 e. The van der Waals surface area contributed by atoms with E-state index in [4.69, 9.17) is 4.98 Å². The summed E-state index contributed by atoms with van der Waals surface area (Å²) in [5.74, 6) is 0.869. The van der Waals surface area contributed by atoms with Crippen molar-refractivity contribution in [3.8, 4) is 33.6 Å². The first-order valence-electron chi connectivity index (χ1n) is 14.8. The Hall–Kier alpha value is -3.24. The minimum absolute atomic E-state index is 0. The van der Waals surface area contributed by atoms with Crippen molar-refractivity contribution in [3.63, 3.8) is 0 Å². The summed E-state index contributed by atoms with van der Waals surface area (Å²) in [5.41, 5.74) is 7.97. The maximum atomic E-state index is 4.77. The summed E-state index contributed by atoms with van der Waals surface area (Å²) in [6.45, 7) is 7.30. The Morgan fingerprint density at radius 2 is 1.48 bits per heavy atom. The van der Waals surface area contributed by atoms with Crippen molar-refractivity contribution in [2.45, 2.75) is 58.2 Å². The topological polar surface area (TPSA) is 38.7 Å². The van der Waals surface area contributed by atoms with E-state index in [-0.39, 0.29) is 20.1 Å². The summed E-state index contributed by atoms with van der Waals surface area (Å²) in [7, 11) is -1.36. The third-order valence-corrected chi connectivity index (χ3v) is 9.85. The van der Waals surface area contributed by atoms with Gasteiger partial charge >= 0.3 is 0 Å². The number of hydrogen-bond acceptors (Lipinski definition) is 3. The molecule has 1 aliphatic carbocycles. The van der Waals surface area contributed by atoms with Crippen LogP contribution in [0.3, 0.4) is 0 Å². The Bertz CT molecular complexity index is 1460. The van der Waals surface area contributed by atoms with Crippen LogP contribution in [0.1, 0.15) is 37.7 Å². The average Bonchev–Trinajstić information content (AvgIpc) is 3.03. The third kappa shape index (κ3) is 8.64. The predicted octanol–water partition coefficient (Wildman–Crippen LogP) is 8.83. The molecule has 0 unspecified atom stereocenters. The molecular weight excluding hydrogens is 707 g/mol. The van der Waals surface area contributed by atoms with Gasteiger partial charge in [-0.2, -0.15) is 11.6 Å². The molecule has 3 aromatic heterocycles. The number of hydrogen-bond donors (Lipinski definition) is 0. The van der Waals surface area contributed by atoms with Crippen LogP contribution in [0.2, 0.25) is 19.6 Å². The van der Waals surface area contributed by atoms with Gasteiger partial charge in [0, 0.05) is 32.5 Å². The molecule has 1 saturated carbocycles. The second-order valence-electron chi connectivity index (χ2n) is 11.9. The zero-order chi connectivity index (χ0) is 28.5. The molecule has 3 heterocycles. The van der Waals surface area contributed by atoms with Crippen LogP contribution in [0.5, 0.6) is 0 Å². The third-order valence-electron chi connectivity index (χ3n) is 7.78. The molecule has 1 radical (unpaired) electrons. The number of aromatic nitrogens is 3. The Morgan fingerprint density at radius 1 is 0.738 bits per heavy atom. The van der Waals surface area contributed by atoms with Gasteiger partial charge in [0.1, 0.15) is 0 Å². The number of nitrogens with zero attached hydrogens (tertiary/aromatic N) is 3. The van der Waals surface area contributed by atoms with Gasteiger partial charge in [-0.05, 0) is 58.5 Å². The molecule has 6 rings (SSSR count). The maximum absolute atomic E-state index is 4.77. The SMILES string of the molecule is C[Si](C)(C)c1cnc(-c2[c-]cccc2)cc1CC1CCCCC1.[Ir].[c-]1cnccc1-c1cc(-c2ccccc2)ccn1. The molecule has 0 N–H and O–H groups in total. The van der Waals surface area contributed by atoms with E-state index in [1.165, 1.54) is 44.1 Å². The van der Waals surface area contributed by atoms with Gasteiger partial charge in [-0.15, -0.1) is 42.0 Å². The van der Waals surface area contributed by atoms with Crippen molar-refractivity contribution in [1.82, 2.24) is 15.0 Å². The minimum atomic E-state index is -1.36. The first-order valence-corrected chi connectivity index (χ1v) is 18.3. The van der Waals surface area contributed by atoms with Crippen molar-refractivity contribution in [3.05, 3.63) is 121 Å². The van der Waals surface area contributed by atoms with Crippen LogP contribution in [0, 0.1) is 18.1 Å². The summed E-state index contributed by atoms with van der Waals surface area (Å²) >= 11 is 0. The number of benzene rings is 2. The van der Waals surface area contributed by atoms with Crippen molar-refractivity contribution < 1.29 is 20.1 Å². The fourth-order valence-electron chi connectivity index (χ4n) is 5.61. The van der Waals surface area contributed by atoms with Gasteiger partial charge < -0.3 is 9.97 Å². The van der Waals surface area contributed by atoms with Crippen LogP contribution in [-0.4, -0.2) is 23.0 Å². The Kier molecular flexibility index (Phi) is 11.5. The fourth-order valence-corrected chi connectivity index (χ4v) is 7.20. The fraction of sp³-hybridized carbons (Fsp3) is 0.270. The van der Waals surface area contributed by atoms with Gasteiger partial charge in [-0.3, -0.25) is 4.98 Å². The minimum Gasteiger partial charge on any atom is -0.321 e. The van der Waals surface area contributed by atoms with E-state index in [1.54, 1.807) is 23.1 Å². The van der Waals surface area contributed by atoms with Gasteiger partial charge in [0.25, 0.3) is 0 Å². The Morgan fingerprint density at radius 3 is 2.17 bits per heavy atom. The van der Waals surface area contributed by atoms with E-state index in [0.717, 1.165) is 34.0 Å². The molecule has 1 fully saturated rings. The van der Waals surface area contributed by atoms with E-state index in [2.05, 4.69) is 84.3 Å². The summed E-state index contributed by atoms with van der Waals surface area (Å²) in [6.07, 6.45) is 15.7. The Balaban J connectivity index is 0.000000193. The molecule has 5 aromatic rings. The molecule has 217 valence electrons. The second kappa shape index (κ2) is 15.3. The van der Waals surface area contributed by atoms with Crippen LogP contribution in [-0.2, 0) is 26.5 Å². The maximum Gasteiger partial charge on any atom is 0.0798 e. The molecule has 0 saturated heterocycles. The second-order valence-corrected chi connectivity index (χ2v) is 16.9. The molecule has 0 bridgehead atoms. The molecule has 3 nitrogen and oxygen atoms in total. The number of pyridine rings is 3. The first kappa shape index (κ1) is 31.7. The Labute approximate surface area is 266 Å². The van der Waals surface area contributed by atoms with Gasteiger partial charge in [0.15, 0.2) is 0 Å². The van der Waals surface area contributed by atoms with Gasteiger partial charge in [-0.1, -0.05) is 99.8 Å². The van der Waals surface area contributed by atoms with Crippen LogP contribution in [0.25, 0.3) is 33.6 Å². The largest absolute Gasteiger partial charge is 0.321 e. The molecule has 1 aliphatic rings. The summed E-state index contributed by atoms with van der Waals surface area (Å²) < 4.78 is 0. The van der Waals surface area contributed by atoms with E-state index in [0.29, 0.717) is 0 Å². The van der Waals surface area contributed by atoms with Crippen LogP contribution >= 0.6 is 0 Å². The first-order chi connectivity index (χ1) is 20.0. The standard InChI is InChI=1S/C21H28NSi.C16H11N2.Ir/c1-23(2,3)21-16-22-20(18-12-8-5-9-13-18)15-19(21)14-17-10-6-4-7-11-17;1-2-4-13(5-3-1)15-8-11-18-16(12-15)14-6-9-17-10-7-14;/h5,8-9,12,15-17H,4,6-7,10-11,14H2,1-3H3;1-6,8-12H;/q2*-1;. The molecule has 0 aliphatic heterocycles. The normalized spacial score (nSPS) is 13.4. The van der Waals surface area contributed by atoms with E-state index in [9.17, 15) is 0 Å². The van der Waals surface area contributed by atoms with Gasteiger partial charge in [0.2, 0.25) is 0 Å². The van der Waals surface area contributed by atoms with Crippen molar-refractivity contribution in [1.29, 1.82) is 0 Å². The molecule has 0 atom stereocenters. The van der Waals surface area contributed by atoms with Crippen LogP contribution in [0.15, 0.2) is 104 Å². The predicted molar refractivity (Wildman–Crippen MR) is 174 cm³/mol. The summed E-state index contributed by atoms with van der Waals surface area (Å²) in [4.78, 5) is 13.1. The number of rotatable bonds is 6. The van der Waals surface area contributed by atoms with Crippen LogP contribution in [0.4, 0.5) is 0 Å². The van der Waals surface area contributed by atoms with Crippen molar-refractivity contribution >= 4 is 13.3 Å². The molecule has 0 amide bonds. The molecule has 5 heteroatoms. The van der Waals surface area contributed by atoms with E-state index < -0.39 is 8.07 Å². The van der Waals surface area contributed by atoms with Crippen molar-refractivity contribution in [2.24, 2.45) is 5.92 Å². The summed E-state index contributed by atoms with van der Waals surface area (Å²) in [5, 5.41) is 1.54. The van der Waals surface area contributed by atoms with E-state index >= 15 is 0 Å². The van der Waals surface area contributed by atoms with Gasteiger partial charge in [0.05, 0.1) is 8.07 Å². The monoisotopic (exact) mass is 746 g/mol. The molecule has 0 spiro atoms. The zero-order valence-corrected chi connectivity index (χ0v) is 28.2. The summed E-state index contributed by atoms with van der Waals surface area (Å²) in [6, 6.07) is 33.2. The van der Waals surface area contributed by atoms with Crippen LogP contribution < -0.4 is 5.19 Å². The van der Waals surface area contributed by atoms with Gasteiger partial charge in [-0.25, -0.2) is 0 Å². The molecule has 2 aromatic carbocycles. The quantitative estimate of drug-likeness (QED) is 0.129. The van der Waals surface area contributed by atoms with E-state index in [1.807, 2.05) is 48.7 Å². The zero-order valence-electron chi connectivity index (χ0n) is 24.8.